The number of anilines is 4. The van der Waals surface area contributed by atoms with Crippen molar-refractivity contribution in [3.05, 3.63) is 252 Å². The third-order valence-electron chi connectivity index (χ3n) is 24.0. The van der Waals surface area contributed by atoms with Crippen molar-refractivity contribution in [1.29, 1.82) is 0 Å². The largest absolute Gasteiger partial charge is 0.450 e. The minimum Gasteiger partial charge on any atom is -0.450 e. The monoisotopic (exact) mass is 1770 g/mol. The molecular weight excluding hydrogens is 1670 g/mol. The van der Waals surface area contributed by atoms with Crippen LogP contribution in [-0.4, -0.2) is 174 Å². The average molecular weight is 1770 g/mol. The molecular formula is C105H98N18O10. The van der Waals surface area contributed by atoms with E-state index in [1.165, 1.54) is 22.3 Å². The van der Waals surface area contributed by atoms with Gasteiger partial charge in [-0.05, 0) is 150 Å². The summed E-state index contributed by atoms with van der Waals surface area (Å²) in [5.41, 5.74) is 22.6. The summed E-state index contributed by atoms with van der Waals surface area (Å²) < 4.78 is 52.2. The highest BCUT2D eigenvalue weighted by Crippen LogP contribution is 2.43. The number of furan rings is 5. The Balaban J connectivity index is 0.000000103. The molecule has 4 aliphatic rings. The Labute approximate surface area is 765 Å². The van der Waals surface area contributed by atoms with Crippen molar-refractivity contribution in [2.24, 2.45) is 0 Å². The number of carbonyl (C=O) groups is 1. The van der Waals surface area contributed by atoms with Gasteiger partial charge >= 0.3 is 0 Å². The third-order valence-corrected chi connectivity index (χ3v) is 24.0. The number of morpholine rings is 3. The molecule has 0 bridgehead atoms. The Bertz CT molecular complexity index is 7450. The van der Waals surface area contributed by atoms with Gasteiger partial charge in [-0.1, -0.05) is 139 Å². The molecule has 133 heavy (non-hydrogen) atoms. The molecule has 0 unspecified atom stereocenters. The van der Waals surface area contributed by atoms with Gasteiger partial charge in [0.15, 0.2) is 80.3 Å². The van der Waals surface area contributed by atoms with Crippen molar-refractivity contribution >= 4 is 140 Å². The predicted molar refractivity (Wildman–Crippen MR) is 518 cm³/mol. The Morgan fingerprint density at radius 1 is 0.368 bits per heavy atom. The molecule has 4 fully saturated rings. The minimum absolute atomic E-state index is 0.206. The van der Waals surface area contributed by atoms with Crippen LogP contribution in [0, 0.1) is 27.7 Å². The van der Waals surface area contributed by atoms with E-state index in [1.807, 2.05) is 116 Å². The maximum atomic E-state index is 11.7. The highest BCUT2D eigenvalue weighted by Gasteiger charge is 2.31. The standard InChI is InChI=1S/C22H22N4O2.C22H19N3O2.C21H19N3O2.C20H18N4O2.C20H20N4O2/c1-2-5-15-6-3-7-16(14-15)20-24-18-17-8-4-9-23-22(17)28-19(18)21(25-20)26-10-12-27-13-11-26;1-13-4-2-5-15(12-13)21-24-18(14-7-9-16(26)10-8-14)20-19(25-21)17-6-3-11-23-22(17)27-20;1-14-5-4-6-15(13-14)20-22-18-16-7-2-3-8-17(16)26-19(18)21(23-20)24-9-11-25-12-10-24;1-13-4-2-5-14(12-13)18-22-16-15-6-3-7-21-20(15)26-17(16)19(23-18)24-8-10-25-11-9-24;1-3-25-11-10-21-19-17-16(15-8-5-9-22-20(15)26-17)23-18(24-19)14-7-4-6-13(2)12-14/h3-4,6-9,14H,2,5,10-13H2,1H3;2-6,11-12,14H,7-10H2,1H3;2-8,13H,9-12H2,1H3;2-7,12H,8-11H2,1H3;4-9,12H,3,10-11H2,1-2H3,(H,21,23,24). The molecule has 17 heterocycles. The van der Waals surface area contributed by atoms with E-state index in [9.17, 15) is 4.79 Å². The van der Waals surface area contributed by atoms with Gasteiger partial charge in [0.1, 0.15) is 38.9 Å². The second-order valence-electron chi connectivity index (χ2n) is 33.4. The molecule has 0 spiro atoms. The van der Waals surface area contributed by atoms with Gasteiger partial charge in [-0.15, -0.1) is 0 Å². The van der Waals surface area contributed by atoms with Crippen LogP contribution in [-0.2, 0) is 30.2 Å². The summed E-state index contributed by atoms with van der Waals surface area (Å²) in [5.74, 6) is 7.20. The first-order valence-corrected chi connectivity index (χ1v) is 45.5. The molecule has 28 nitrogen and oxygen atoms in total. The van der Waals surface area contributed by atoms with Crippen LogP contribution in [0.3, 0.4) is 0 Å². The van der Waals surface area contributed by atoms with Crippen LogP contribution in [0.1, 0.15) is 85.4 Å². The molecule has 6 aromatic carbocycles. The van der Waals surface area contributed by atoms with Gasteiger partial charge < -0.3 is 61.0 Å². The zero-order chi connectivity index (χ0) is 90.3. The number of nitrogens with one attached hydrogen (secondary N) is 1. The maximum Gasteiger partial charge on any atom is 0.229 e. The smallest absolute Gasteiger partial charge is 0.229 e. The fraction of sp³-hybridized carbons (Fsp3) is 0.267. The second-order valence-corrected chi connectivity index (χ2v) is 33.4. The molecule has 14 aromatic heterocycles. The summed E-state index contributed by atoms with van der Waals surface area (Å²) in [6, 6.07) is 65.0. The molecule has 3 saturated heterocycles. The minimum atomic E-state index is 0.206. The van der Waals surface area contributed by atoms with Crippen molar-refractivity contribution in [3.8, 4) is 56.9 Å². The number of pyridine rings is 4. The Hall–Kier alpha value is -15.0. The first-order chi connectivity index (χ1) is 65.4. The zero-order valence-electron chi connectivity index (χ0n) is 74.9. The van der Waals surface area contributed by atoms with Gasteiger partial charge in [0.2, 0.25) is 22.9 Å². The third kappa shape index (κ3) is 18.5. The zero-order valence-corrected chi connectivity index (χ0v) is 74.9. The normalized spacial score (nSPS) is 14.4. The molecule has 1 aliphatic carbocycles. The lowest BCUT2D eigenvalue weighted by Gasteiger charge is -2.27. The van der Waals surface area contributed by atoms with E-state index in [2.05, 4.69) is 160 Å². The van der Waals surface area contributed by atoms with Crippen molar-refractivity contribution < 1.29 is 45.8 Å². The lowest BCUT2D eigenvalue weighted by molar-refractivity contribution is -0.120. The van der Waals surface area contributed by atoms with Gasteiger partial charge in [-0.2, -0.15) is 0 Å². The van der Waals surface area contributed by atoms with Gasteiger partial charge in [0, 0.05) is 129 Å². The molecule has 0 atom stereocenters. The number of hydrogen-bond acceptors (Lipinski definition) is 28. The SMILES string of the molecule is CCCc1cccc(-c2nc(N3CCOCC3)c3oc4ncccc4c3n2)c1.CCOCCNc1nc(-c2cccc(C)c2)nc2c1oc1ncccc12.Cc1cccc(-c2nc(C3CCC(=O)CC3)c3oc4ncccc4c3n2)c1.Cc1cccc(-c2nc(N3CCOCC3)c3oc4ccccc4c3n2)c1.Cc1cccc(-c2nc(N3CCOCC3)c3oc4ncccc4c3n2)c1. The van der Waals surface area contributed by atoms with Crippen molar-refractivity contribution in [2.45, 2.75) is 86.0 Å². The summed E-state index contributed by atoms with van der Waals surface area (Å²) >= 11 is 0. The first kappa shape index (κ1) is 86.1. The quantitative estimate of drug-likeness (QED) is 0.0878. The number of ether oxygens (including phenoxy) is 4. The number of fused-ring (bicyclic) bond motifs is 15. The highest BCUT2D eigenvalue weighted by atomic mass is 16.5. The van der Waals surface area contributed by atoms with Gasteiger partial charge in [0.25, 0.3) is 0 Å². The lowest BCUT2D eigenvalue weighted by atomic mass is 9.85. The van der Waals surface area contributed by atoms with Crippen molar-refractivity contribution in [1.82, 2.24) is 69.8 Å². The molecule has 3 aliphatic heterocycles. The van der Waals surface area contributed by atoms with Crippen LogP contribution in [0.15, 0.2) is 241 Å². The molecule has 0 radical (unpaired) electrons. The topological polar surface area (TPSA) is 322 Å². The Kier molecular flexibility index (Phi) is 25.2. The summed E-state index contributed by atoms with van der Waals surface area (Å²) in [5, 5.41) is 7.94. The fourth-order valence-corrected chi connectivity index (χ4v) is 17.4. The number of ketones is 1. The Morgan fingerprint density at radius 3 is 1.16 bits per heavy atom. The summed E-state index contributed by atoms with van der Waals surface area (Å²) in [6.45, 7) is 23.2. The first-order valence-electron chi connectivity index (χ1n) is 45.5. The molecule has 1 saturated carbocycles. The van der Waals surface area contributed by atoms with Crippen LogP contribution in [0.25, 0.3) is 168 Å². The highest BCUT2D eigenvalue weighted by molar-refractivity contribution is 6.09. The summed E-state index contributed by atoms with van der Waals surface area (Å²) in [6.07, 6.45) is 11.9. The number of rotatable bonds is 16. The van der Waals surface area contributed by atoms with E-state index < -0.39 is 0 Å². The van der Waals surface area contributed by atoms with Crippen LogP contribution in [0.2, 0.25) is 0 Å². The van der Waals surface area contributed by atoms with Crippen molar-refractivity contribution in [3.63, 3.8) is 0 Å². The van der Waals surface area contributed by atoms with E-state index >= 15 is 0 Å². The molecule has 24 rings (SSSR count). The molecule has 0 amide bonds. The molecule has 20 aromatic rings. The molecule has 668 valence electrons. The number of aryl methyl sites for hydroxylation is 5. The van der Waals surface area contributed by atoms with E-state index in [1.54, 1.807) is 24.8 Å². The number of carbonyl (C=O) groups excluding carboxylic acids is 1. The van der Waals surface area contributed by atoms with E-state index in [0.717, 1.165) is 199 Å². The van der Waals surface area contributed by atoms with Crippen LogP contribution in [0.5, 0.6) is 0 Å². The van der Waals surface area contributed by atoms with Crippen LogP contribution in [0.4, 0.5) is 23.3 Å². The van der Waals surface area contributed by atoms with E-state index in [0.29, 0.717) is 147 Å². The fourth-order valence-electron chi connectivity index (χ4n) is 17.4. The van der Waals surface area contributed by atoms with E-state index in [-0.39, 0.29) is 5.92 Å². The lowest BCUT2D eigenvalue weighted by Crippen LogP contribution is -2.37. The van der Waals surface area contributed by atoms with Gasteiger partial charge in [-0.3, -0.25) is 4.79 Å². The second kappa shape index (κ2) is 39.0. The number of hydrogen-bond donors (Lipinski definition) is 1. The van der Waals surface area contributed by atoms with Crippen molar-refractivity contribution in [2.75, 3.05) is 119 Å². The maximum absolute atomic E-state index is 11.7. The summed E-state index contributed by atoms with van der Waals surface area (Å²) in [4.78, 5) is 84.2. The predicted octanol–water partition coefficient (Wildman–Crippen LogP) is 21.2. The number of benzene rings is 6. The van der Waals surface area contributed by atoms with Crippen LogP contribution < -0.4 is 20.0 Å². The molecule has 28 heteroatoms. The Morgan fingerprint density at radius 2 is 0.729 bits per heavy atom. The van der Waals surface area contributed by atoms with Gasteiger partial charge in [0.05, 0.1) is 73.5 Å². The van der Waals surface area contributed by atoms with Gasteiger partial charge in [-0.25, -0.2) is 69.8 Å². The van der Waals surface area contributed by atoms with E-state index in [4.69, 9.17) is 90.9 Å². The number of aromatic nitrogens is 14. The number of nitrogens with zero attached hydrogens (tertiary/aromatic N) is 17. The summed E-state index contributed by atoms with van der Waals surface area (Å²) in [7, 11) is 0. The number of Topliss-reactive ketones (excluding diaryl/α,β-unsaturated/α-hetero) is 1. The molecule has 1 N–H and O–H groups in total. The number of para-hydroxylation sites is 1. The average Bonchev–Trinajstić information content (AvgIpc) is 1.51. The van der Waals surface area contributed by atoms with Crippen LogP contribution >= 0.6 is 0 Å².